The lowest BCUT2D eigenvalue weighted by Crippen LogP contribution is -2.76. The Morgan fingerprint density at radius 3 is 2.67 bits per heavy atom. The molecular formula is C23H35N5O4S. The number of hydrazine groups is 1. The number of thioether (sulfide) groups is 1. The third-order valence-corrected chi connectivity index (χ3v) is 6.71. The zero-order valence-electron chi connectivity index (χ0n) is 19.7. The van der Waals surface area contributed by atoms with Gasteiger partial charge in [0.15, 0.2) is 0 Å². The molecular weight excluding hydrogens is 442 g/mol. The Morgan fingerprint density at radius 2 is 2.00 bits per heavy atom. The van der Waals surface area contributed by atoms with Gasteiger partial charge in [-0.3, -0.25) is 9.59 Å². The van der Waals surface area contributed by atoms with E-state index in [0.29, 0.717) is 45.6 Å². The average molecular weight is 478 g/mol. The molecule has 1 aromatic rings. The number of carbonyl (C=O) groups excluding carboxylic acids is 3. The van der Waals surface area contributed by atoms with Crippen LogP contribution in [0.25, 0.3) is 0 Å². The van der Waals surface area contributed by atoms with Crippen molar-refractivity contribution in [3.8, 4) is 0 Å². The van der Waals surface area contributed by atoms with Gasteiger partial charge < -0.3 is 19.9 Å². The van der Waals surface area contributed by atoms with E-state index >= 15 is 0 Å². The maximum Gasteiger partial charge on any atom is 0.334 e. The highest BCUT2D eigenvalue weighted by Crippen LogP contribution is 2.28. The summed E-state index contributed by atoms with van der Waals surface area (Å²) in [6, 6.07) is 8.89. The lowest BCUT2D eigenvalue weighted by molar-refractivity contribution is -0.190. The van der Waals surface area contributed by atoms with E-state index in [-0.39, 0.29) is 24.4 Å². The molecule has 182 valence electrons. The van der Waals surface area contributed by atoms with Crippen LogP contribution in [0.2, 0.25) is 0 Å². The maximum absolute atomic E-state index is 13.4. The van der Waals surface area contributed by atoms with Gasteiger partial charge in [0.2, 0.25) is 11.8 Å². The number of amides is 4. The molecule has 2 fully saturated rings. The van der Waals surface area contributed by atoms with Gasteiger partial charge in [0.05, 0.1) is 13.1 Å². The topological polar surface area (TPSA) is 85.4 Å². The van der Waals surface area contributed by atoms with Crippen molar-refractivity contribution in [1.29, 1.82) is 0 Å². The monoisotopic (exact) mass is 477 g/mol. The third kappa shape index (κ3) is 5.99. The summed E-state index contributed by atoms with van der Waals surface area (Å²) >= 11 is 1.65. The van der Waals surface area contributed by atoms with Crippen LogP contribution in [-0.4, -0.2) is 102 Å². The maximum atomic E-state index is 13.4. The Labute approximate surface area is 200 Å². The first-order valence-electron chi connectivity index (χ1n) is 11.5. The number of nitrogens with zero attached hydrogens (tertiary/aromatic N) is 4. The molecule has 0 saturated carbocycles. The highest BCUT2D eigenvalue weighted by Gasteiger charge is 2.50. The number of carbonyl (C=O) groups is 3. The number of nitrogens with one attached hydrogen (secondary N) is 1. The van der Waals surface area contributed by atoms with E-state index < -0.39 is 12.2 Å². The summed E-state index contributed by atoms with van der Waals surface area (Å²) in [5, 5.41) is 6.42. The Hall–Kier alpha value is -2.30. The second-order valence-corrected chi connectivity index (χ2v) is 9.16. The predicted octanol–water partition coefficient (Wildman–Crippen LogP) is 1.60. The minimum absolute atomic E-state index is 0.0423. The molecule has 1 aromatic carbocycles. The van der Waals surface area contributed by atoms with Crippen LogP contribution in [-0.2, 0) is 20.9 Å². The van der Waals surface area contributed by atoms with Crippen LogP contribution in [0, 0.1) is 0 Å². The fourth-order valence-electron chi connectivity index (χ4n) is 4.43. The largest absolute Gasteiger partial charge is 0.385 e. The molecule has 9 nitrogen and oxygen atoms in total. The number of benzene rings is 1. The highest BCUT2D eigenvalue weighted by molar-refractivity contribution is 7.98. The van der Waals surface area contributed by atoms with Crippen LogP contribution in [0.5, 0.6) is 0 Å². The van der Waals surface area contributed by atoms with E-state index in [1.54, 1.807) is 38.7 Å². The number of rotatable bonds is 10. The minimum Gasteiger partial charge on any atom is -0.385 e. The van der Waals surface area contributed by atoms with Gasteiger partial charge in [-0.15, -0.1) is 0 Å². The SMILES string of the molecule is CCN1CC(=O)N2[C@@H](CCSC)C(=O)N(CCCOC)C[C@@H]2N1C(=O)NCc1ccccc1. The number of urea groups is 1. The van der Waals surface area contributed by atoms with Gasteiger partial charge in [0.25, 0.3) is 0 Å². The van der Waals surface area contributed by atoms with Crippen molar-refractivity contribution in [2.45, 2.75) is 38.5 Å². The molecule has 4 amide bonds. The molecule has 2 atom stereocenters. The summed E-state index contributed by atoms with van der Waals surface area (Å²) in [7, 11) is 1.64. The fraction of sp³-hybridized carbons (Fsp3) is 0.609. The van der Waals surface area contributed by atoms with Crippen LogP contribution < -0.4 is 5.32 Å². The summed E-state index contributed by atoms with van der Waals surface area (Å²) in [5.74, 6) is 0.612. The lowest BCUT2D eigenvalue weighted by Gasteiger charge is -2.55. The number of hydrogen-bond acceptors (Lipinski definition) is 6. The minimum atomic E-state index is -0.560. The molecule has 2 saturated heterocycles. The zero-order chi connectivity index (χ0) is 23.8. The van der Waals surface area contributed by atoms with Crippen molar-refractivity contribution in [1.82, 2.24) is 25.1 Å². The number of methoxy groups -OCH3 is 1. The molecule has 0 spiro atoms. The molecule has 10 heteroatoms. The van der Waals surface area contributed by atoms with Crippen molar-refractivity contribution in [2.75, 3.05) is 51.9 Å². The van der Waals surface area contributed by atoms with E-state index in [2.05, 4.69) is 5.32 Å². The molecule has 0 radical (unpaired) electrons. The fourth-order valence-corrected chi connectivity index (χ4v) is 4.88. The van der Waals surface area contributed by atoms with Crippen molar-refractivity contribution < 1.29 is 19.1 Å². The molecule has 0 aliphatic carbocycles. The van der Waals surface area contributed by atoms with Crippen LogP contribution >= 0.6 is 11.8 Å². The van der Waals surface area contributed by atoms with Crippen LogP contribution in [0.15, 0.2) is 30.3 Å². The molecule has 0 aromatic heterocycles. The first kappa shape index (κ1) is 25.3. The van der Waals surface area contributed by atoms with E-state index in [1.165, 1.54) is 0 Å². The van der Waals surface area contributed by atoms with E-state index in [0.717, 1.165) is 11.3 Å². The third-order valence-electron chi connectivity index (χ3n) is 6.06. The Morgan fingerprint density at radius 1 is 1.24 bits per heavy atom. The molecule has 2 aliphatic rings. The van der Waals surface area contributed by atoms with Crippen molar-refractivity contribution >= 4 is 29.6 Å². The second-order valence-electron chi connectivity index (χ2n) is 8.18. The number of ether oxygens (including phenoxy) is 1. The molecule has 2 aliphatic heterocycles. The van der Waals surface area contributed by atoms with Gasteiger partial charge in [-0.1, -0.05) is 37.3 Å². The molecule has 2 heterocycles. The molecule has 3 rings (SSSR count). The molecule has 0 bridgehead atoms. The summed E-state index contributed by atoms with van der Waals surface area (Å²) in [4.78, 5) is 43.3. The zero-order valence-corrected chi connectivity index (χ0v) is 20.6. The molecule has 1 N–H and O–H groups in total. The van der Waals surface area contributed by atoms with Gasteiger partial charge in [0.1, 0.15) is 12.2 Å². The molecule has 33 heavy (non-hydrogen) atoms. The quantitative estimate of drug-likeness (QED) is 0.516. The van der Waals surface area contributed by atoms with Crippen molar-refractivity contribution in [2.24, 2.45) is 0 Å². The van der Waals surface area contributed by atoms with Crippen molar-refractivity contribution in [3.05, 3.63) is 35.9 Å². The van der Waals surface area contributed by atoms with E-state index in [9.17, 15) is 14.4 Å². The van der Waals surface area contributed by atoms with Crippen LogP contribution in [0.3, 0.4) is 0 Å². The first-order valence-corrected chi connectivity index (χ1v) is 12.8. The van der Waals surface area contributed by atoms with Gasteiger partial charge in [-0.2, -0.15) is 11.8 Å². The predicted molar refractivity (Wildman–Crippen MR) is 128 cm³/mol. The number of piperazine rings is 1. The van der Waals surface area contributed by atoms with Crippen molar-refractivity contribution in [3.63, 3.8) is 0 Å². The Kier molecular flexibility index (Phi) is 9.40. The van der Waals surface area contributed by atoms with Crippen LogP contribution in [0.1, 0.15) is 25.3 Å². The summed E-state index contributed by atoms with van der Waals surface area (Å²) in [5.41, 5.74) is 0.997. The molecule has 0 unspecified atom stereocenters. The van der Waals surface area contributed by atoms with Crippen LogP contribution in [0.4, 0.5) is 4.79 Å². The highest BCUT2D eigenvalue weighted by atomic mass is 32.2. The standard InChI is InChI=1S/C23H35N5O4S/c1-4-26-17-21(29)27-19(11-14-33-3)22(30)25(12-8-13-32-2)16-20(27)28(26)23(31)24-15-18-9-6-5-7-10-18/h5-7,9-10,19-20H,4,8,11-17H2,1-3H3,(H,24,31)/t19-,20-/m0/s1. The van der Waals surface area contributed by atoms with E-state index in [4.69, 9.17) is 4.74 Å². The second kappa shape index (κ2) is 12.2. The summed E-state index contributed by atoms with van der Waals surface area (Å²) in [6.45, 7) is 4.29. The number of hydrogen-bond donors (Lipinski definition) is 1. The first-order chi connectivity index (χ1) is 16.0. The lowest BCUT2D eigenvalue weighted by atomic mass is 10.0. The Bertz CT molecular complexity index is 811. The van der Waals surface area contributed by atoms with Gasteiger partial charge >= 0.3 is 6.03 Å². The number of likely N-dealkylation sites (N-methyl/N-ethyl adjacent to an activating group) is 1. The normalized spacial score (nSPS) is 21.4. The number of fused-ring (bicyclic) bond motifs is 1. The van der Waals surface area contributed by atoms with Gasteiger partial charge in [-0.25, -0.2) is 14.8 Å². The van der Waals surface area contributed by atoms with Gasteiger partial charge in [-0.05, 0) is 30.4 Å². The average Bonchev–Trinajstić information content (AvgIpc) is 2.83. The summed E-state index contributed by atoms with van der Waals surface area (Å²) < 4.78 is 5.16. The smallest absolute Gasteiger partial charge is 0.334 e. The van der Waals surface area contributed by atoms with Gasteiger partial charge in [0, 0.05) is 33.4 Å². The Balaban J connectivity index is 1.85. The van der Waals surface area contributed by atoms with E-state index in [1.807, 2.05) is 43.5 Å². The summed E-state index contributed by atoms with van der Waals surface area (Å²) in [6.07, 6.45) is 2.72.